The summed E-state index contributed by atoms with van der Waals surface area (Å²) in [6, 6.07) is 53.3. The highest BCUT2D eigenvalue weighted by Crippen LogP contribution is 2.45. The Balaban J connectivity index is 0.000000102. The van der Waals surface area contributed by atoms with Crippen molar-refractivity contribution < 1.29 is 40.5 Å². The summed E-state index contributed by atoms with van der Waals surface area (Å²) in [5, 5.41) is 7.04. The molecule has 0 aliphatic heterocycles. The van der Waals surface area contributed by atoms with Gasteiger partial charge in [-0.3, -0.25) is 0 Å². The molecule has 0 atom stereocenters. The van der Waals surface area contributed by atoms with Gasteiger partial charge in [-0.05, 0) is 149 Å². The number of aromatic nitrogens is 11. The van der Waals surface area contributed by atoms with E-state index in [1.54, 1.807) is 34.0 Å². The third-order valence-electron chi connectivity index (χ3n) is 19.7. The number of imidazole rings is 1. The number of furan rings is 1. The first-order chi connectivity index (χ1) is 51.1. The van der Waals surface area contributed by atoms with Gasteiger partial charge >= 0.3 is 5.78 Å². The number of rotatable bonds is 5. The molecule has 0 radical (unpaired) electrons. The second kappa shape index (κ2) is 27.8. The summed E-state index contributed by atoms with van der Waals surface area (Å²) in [6.45, 7) is 20.5. The molecule has 0 fully saturated rings. The summed E-state index contributed by atoms with van der Waals surface area (Å²) in [5.74, 6) is 3.65. The number of nitrogens with zero attached hydrogens (tertiary/aromatic N) is 11. The van der Waals surface area contributed by atoms with E-state index in [0.717, 1.165) is 82.1 Å². The van der Waals surface area contributed by atoms with Crippen LogP contribution in [-0.4, -0.2) is 29.5 Å². The number of hydrogen-bond donors (Lipinski definition) is 0. The molecule has 0 saturated carbocycles. The van der Waals surface area contributed by atoms with E-state index < -0.39 is 0 Å². The highest BCUT2D eigenvalue weighted by Gasteiger charge is 2.26. The minimum atomic E-state index is 0.497. The fourth-order valence-electron chi connectivity index (χ4n) is 14.2. The molecule has 0 spiro atoms. The van der Waals surface area contributed by atoms with Gasteiger partial charge in [-0.1, -0.05) is 29.5 Å². The fraction of sp³-hybridized carbons (Fsp3) is 0.186. The Kier molecular flexibility index (Phi) is 18.2. The van der Waals surface area contributed by atoms with Gasteiger partial charge in [0.25, 0.3) is 0 Å². The van der Waals surface area contributed by atoms with Crippen LogP contribution in [0, 0.1) is 69.2 Å². The minimum Gasteiger partial charge on any atom is -0.439 e. The van der Waals surface area contributed by atoms with Crippen molar-refractivity contribution in [2.24, 2.45) is 42.3 Å². The zero-order valence-corrected chi connectivity index (χ0v) is 66.0. The maximum absolute atomic E-state index is 5.79. The normalized spacial score (nSPS) is 11.6. The Morgan fingerprint density at radius 3 is 1.39 bits per heavy atom. The SMILES string of the molecule is Cc1ccc2c(sc3c2nc(C)n3C)c1-c1cccc[n+]1C.Cc1nc2c(o1)oc1cc(-c3cccc[n+]3C)c(C)cc12.Cc1nc2c(o1)sc1cc(-c3cccc[n+]3C)c(C)cc12.Cc1nc2c(s1)sc1cc(-c3cccc[n+]3C)c(C)cc12.Cc1nc2sc3c(-c4cccc[n+]4C)c(C)ccc3c2o1. The molecule has 0 aliphatic carbocycles. The molecule has 15 heterocycles. The molecule has 5 aromatic carbocycles. The summed E-state index contributed by atoms with van der Waals surface area (Å²) in [7, 11) is 12.5. The molecule has 0 N–H and O–H groups in total. The van der Waals surface area contributed by atoms with Gasteiger partial charge in [0.15, 0.2) is 64.6 Å². The van der Waals surface area contributed by atoms with Crippen LogP contribution in [-0.2, 0) is 42.3 Å². The van der Waals surface area contributed by atoms with E-state index in [-0.39, 0.29) is 0 Å². The van der Waals surface area contributed by atoms with Crippen LogP contribution < -0.4 is 22.8 Å². The second-order valence-corrected chi connectivity index (χ2v) is 32.6. The van der Waals surface area contributed by atoms with Crippen LogP contribution in [0.15, 0.2) is 200 Å². The third kappa shape index (κ3) is 12.6. The van der Waals surface area contributed by atoms with Gasteiger partial charge in [-0.15, -0.1) is 45.3 Å². The zero-order chi connectivity index (χ0) is 73.7. The number of hydrogen-bond acceptors (Lipinski definition) is 14. The van der Waals surface area contributed by atoms with Gasteiger partial charge in [-0.25, -0.2) is 47.8 Å². The Labute approximate surface area is 632 Å². The van der Waals surface area contributed by atoms with Crippen LogP contribution in [0.3, 0.4) is 0 Å². The van der Waals surface area contributed by atoms with Gasteiger partial charge in [-0.2, -0.15) is 0 Å². The molecular formula is C86H78N11O4S5+5. The topological polar surface area (TPSA) is 141 Å². The molecule has 20 rings (SSSR count). The summed E-state index contributed by atoms with van der Waals surface area (Å²) in [5.41, 5.74) is 24.5. The number of aryl methyl sites for hydroxylation is 16. The van der Waals surface area contributed by atoms with Gasteiger partial charge in [0.1, 0.15) is 72.0 Å². The maximum Gasteiger partial charge on any atom is 0.319 e. The first-order valence-electron chi connectivity index (χ1n) is 34.9. The molecule has 0 saturated heterocycles. The van der Waals surface area contributed by atoms with Gasteiger partial charge in [0, 0.05) is 119 Å². The van der Waals surface area contributed by atoms with Gasteiger partial charge < -0.3 is 22.2 Å². The maximum atomic E-state index is 5.79. The van der Waals surface area contributed by atoms with Crippen molar-refractivity contribution in [1.29, 1.82) is 0 Å². The number of fused-ring (bicyclic) bond motifs is 15. The Hall–Kier alpha value is -11.0. The molecule has 20 aromatic rings. The lowest BCUT2D eigenvalue weighted by molar-refractivity contribution is -0.660. The van der Waals surface area contributed by atoms with E-state index in [4.69, 9.17) is 22.7 Å². The summed E-state index contributed by atoms with van der Waals surface area (Å²) in [6.07, 6.45) is 10.4. The van der Waals surface area contributed by atoms with E-state index >= 15 is 0 Å². The summed E-state index contributed by atoms with van der Waals surface area (Å²) >= 11 is 8.86. The molecule has 526 valence electrons. The molecule has 20 heteroatoms. The van der Waals surface area contributed by atoms with Crippen LogP contribution in [0.4, 0.5) is 0 Å². The van der Waals surface area contributed by atoms with Crippen molar-refractivity contribution in [1.82, 2.24) is 29.5 Å². The third-order valence-corrected chi connectivity index (χ3v) is 25.3. The van der Waals surface area contributed by atoms with E-state index in [1.165, 1.54) is 122 Å². The largest absolute Gasteiger partial charge is 0.439 e. The Bertz CT molecular complexity index is 6460. The molecule has 0 aliphatic rings. The molecule has 0 amide bonds. The number of thiophene rings is 4. The lowest BCUT2D eigenvalue weighted by Crippen LogP contribution is -2.30. The van der Waals surface area contributed by atoms with Crippen molar-refractivity contribution in [3.63, 3.8) is 0 Å². The molecule has 0 bridgehead atoms. The van der Waals surface area contributed by atoms with Crippen LogP contribution in [0.2, 0.25) is 0 Å². The molecule has 0 unspecified atom stereocenters. The number of benzene rings is 5. The quantitative estimate of drug-likeness (QED) is 0.154. The minimum absolute atomic E-state index is 0.497. The monoisotopic (exact) mass is 1490 g/mol. The number of pyridine rings is 5. The first-order valence-corrected chi connectivity index (χ1v) is 39.0. The zero-order valence-electron chi connectivity index (χ0n) is 61.9. The summed E-state index contributed by atoms with van der Waals surface area (Å²) in [4.78, 5) is 26.0. The van der Waals surface area contributed by atoms with Gasteiger partial charge in [0.05, 0.1) is 47.6 Å². The van der Waals surface area contributed by atoms with Crippen molar-refractivity contribution in [2.75, 3.05) is 0 Å². The predicted molar refractivity (Wildman–Crippen MR) is 434 cm³/mol. The van der Waals surface area contributed by atoms with E-state index in [9.17, 15) is 0 Å². The fourth-order valence-corrected chi connectivity index (χ4v) is 20.2. The lowest BCUT2D eigenvalue weighted by atomic mass is 10.0. The highest BCUT2D eigenvalue weighted by molar-refractivity contribution is 7.41. The number of thiazole rings is 1. The second-order valence-electron chi connectivity index (χ2n) is 27.1. The highest BCUT2D eigenvalue weighted by atomic mass is 32.2. The average Bonchev–Trinajstić information content (AvgIpc) is 1.21. The van der Waals surface area contributed by atoms with Gasteiger partial charge in [0.2, 0.25) is 33.4 Å². The van der Waals surface area contributed by atoms with E-state index in [2.05, 4.69) is 283 Å². The molecular weight excluding hydrogens is 1410 g/mol. The molecule has 15 aromatic heterocycles. The molecule has 106 heavy (non-hydrogen) atoms. The first kappa shape index (κ1) is 69.4. The Morgan fingerprint density at radius 1 is 0.358 bits per heavy atom. The van der Waals surface area contributed by atoms with E-state index in [0.29, 0.717) is 11.7 Å². The van der Waals surface area contributed by atoms with Crippen molar-refractivity contribution in [2.45, 2.75) is 69.2 Å². The van der Waals surface area contributed by atoms with Crippen LogP contribution in [0.5, 0.6) is 0 Å². The van der Waals surface area contributed by atoms with Crippen molar-refractivity contribution in [3.05, 3.63) is 239 Å². The van der Waals surface area contributed by atoms with Crippen LogP contribution >= 0.6 is 56.7 Å². The lowest BCUT2D eigenvalue weighted by Gasteiger charge is -2.05. The summed E-state index contributed by atoms with van der Waals surface area (Å²) < 4.78 is 42.1. The Morgan fingerprint density at radius 2 is 0.830 bits per heavy atom. The van der Waals surface area contributed by atoms with Crippen molar-refractivity contribution >= 4 is 160 Å². The van der Waals surface area contributed by atoms with Crippen molar-refractivity contribution in [3.8, 4) is 56.3 Å². The average molecular weight is 1490 g/mol. The standard InChI is InChI=1S/C18H18N3S.C17H15N2O2.2C17H15N2OS.C17H15N2S2/c1-11-8-9-13-16-18(21(4)12(2)19-16)22-17(13)15(11)14-7-5-6-10-20(14)3;1-10-8-13-15(21-17-16(13)18-11(2)20-17)9-12(10)14-6-4-5-7-19(14)3;1-10-7-8-12-15-17(18-11(2)20-15)21-16(12)14(10)13-6-4-5-9-19(13)3;2*1-10-8-13-15(21-17-16(13)18-11(2)20-17)9-12(10)14-6-4-5-7-19(14)3/h5-10H,1-4H3;4*4-9H,1-3H3/q5*+1. The number of oxazole rings is 3. The predicted octanol–water partition coefficient (Wildman–Crippen LogP) is 20.5. The van der Waals surface area contributed by atoms with Crippen LogP contribution in [0.25, 0.3) is 160 Å². The smallest absolute Gasteiger partial charge is 0.319 e. The molecule has 15 nitrogen and oxygen atoms in total. The van der Waals surface area contributed by atoms with Crippen LogP contribution in [0.1, 0.15) is 56.3 Å². The van der Waals surface area contributed by atoms with E-state index in [1.807, 2.05) is 81.0 Å².